The molecule has 0 N–H and O–H groups in total. The van der Waals surface area contributed by atoms with Gasteiger partial charge in [0.05, 0.1) is 9.85 Å². The lowest BCUT2D eigenvalue weighted by atomic mass is 10.0. The van der Waals surface area contributed by atoms with Gasteiger partial charge in [0, 0.05) is 15.6 Å². The van der Waals surface area contributed by atoms with Gasteiger partial charge in [-0.3, -0.25) is 0 Å². The van der Waals surface area contributed by atoms with Crippen molar-refractivity contribution in [3.8, 4) is 0 Å². The SMILES string of the molecule is Fc1c(Br)cccc1C(Cl)c1ccc(Cl)cc1Cl. The van der Waals surface area contributed by atoms with Crippen molar-refractivity contribution in [1.82, 2.24) is 0 Å². The Morgan fingerprint density at radius 3 is 2.44 bits per heavy atom. The van der Waals surface area contributed by atoms with E-state index < -0.39 is 5.38 Å². The maximum absolute atomic E-state index is 13.9. The van der Waals surface area contributed by atoms with Crippen molar-refractivity contribution in [2.45, 2.75) is 5.38 Å². The number of rotatable bonds is 2. The van der Waals surface area contributed by atoms with E-state index in [9.17, 15) is 4.39 Å². The summed E-state index contributed by atoms with van der Waals surface area (Å²) in [5.41, 5.74) is 0.995. The van der Waals surface area contributed by atoms with Crippen molar-refractivity contribution >= 4 is 50.7 Å². The molecule has 0 heterocycles. The summed E-state index contributed by atoms with van der Waals surface area (Å²) in [7, 11) is 0. The molecule has 0 aliphatic heterocycles. The zero-order valence-corrected chi connectivity index (χ0v) is 12.8. The van der Waals surface area contributed by atoms with Gasteiger partial charge in [-0.05, 0) is 39.7 Å². The molecule has 0 radical (unpaired) electrons. The number of benzene rings is 2. The maximum atomic E-state index is 13.9. The molecule has 94 valence electrons. The Morgan fingerprint density at radius 2 is 1.78 bits per heavy atom. The number of hydrogen-bond donors (Lipinski definition) is 0. The van der Waals surface area contributed by atoms with Crippen LogP contribution in [0.3, 0.4) is 0 Å². The molecule has 0 saturated heterocycles. The summed E-state index contributed by atoms with van der Waals surface area (Å²) in [6.45, 7) is 0. The third-order valence-corrected chi connectivity index (χ3v) is 4.14. The van der Waals surface area contributed by atoms with Crippen molar-refractivity contribution in [3.63, 3.8) is 0 Å². The minimum atomic E-state index is -0.660. The molecular formula is C13H7BrCl3F. The Balaban J connectivity index is 2.48. The topological polar surface area (TPSA) is 0 Å². The van der Waals surface area contributed by atoms with Crippen molar-refractivity contribution in [2.75, 3.05) is 0 Å². The van der Waals surface area contributed by atoms with Crippen molar-refractivity contribution < 1.29 is 4.39 Å². The molecular weight excluding hydrogens is 361 g/mol. The average molecular weight is 368 g/mol. The second-order valence-electron chi connectivity index (χ2n) is 3.67. The van der Waals surface area contributed by atoms with Gasteiger partial charge in [-0.25, -0.2) is 4.39 Å². The van der Waals surface area contributed by atoms with Crippen molar-refractivity contribution in [3.05, 3.63) is 67.9 Å². The fourth-order valence-electron chi connectivity index (χ4n) is 1.59. The predicted molar refractivity (Wildman–Crippen MR) is 78.3 cm³/mol. The third-order valence-electron chi connectivity index (χ3n) is 2.49. The number of hydrogen-bond acceptors (Lipinski definition) is 0. The molecule has 0 fully saturated rings. The van der Waals surface area contributed by atoms with Gasteiger partial charge in [-0.1, -0.05) is 41.4 Å². The van der Waals surface area contributed by atoms with Gasteiger partial charge >= 0.3 is 0 Å². The standard InChI is InChI=1S/C13H7BrCl3F/c14-10-3-1-2-9(13(10)18)12(17)8-5-4-7(15)6-11(8)16/h1-6,12H. The quantitative estimate of drug-likeness (QED) is 0.552. The third kappa shape index (κ3) is 2.83. The smallest absolute Gasteiger partial charge is 0.142 e. The van der Waals surface area contributed by atoms with E-state index in [-0.39, 0.29) is 5.82 Å². The zero-order chi connectivity index (χ0) is 13.3. The Bertz CT molecular complexity index is 586. The van der Waals surface area contributed by atoms with Crippen molar-refractivity contribution in [2.24, 2.45) is 0 Å². The fraction of sp³-hybridized carbons (Fsp3) is 0.0769. The monoisotopic (exact) mass is 366 g/mol. The molecule has 0 spiro atoms. The number of alkyl halides is 1. The highest BCUT2D eigenvalue weighted by Crippen LogP contribution is 2.37. The fourth-order valence-corrected chi connectivity index (χ4v) is 2.90. The molecule has 1 atom stereocenters. The van der Waals surface area contributed by atoms with E-state index in [1.54, 1.807) is 36.4 Å². The maximum Gasteiger partial charge on any atom is 0.142 e. The summed E-state index contributed by atoms with van der Waals surface area (Å²) < 4.78 is 14.3. The van der Waals surface area contributed by atoms with Crippen LogP contribution in [0.4, 0.5) is 4.39 Å². The summed E-state index contributed by atoms with van der Waals surface area (Å²) >= 11 is 21.3. The van der Waals surface area contributed by atoms with E-state index in [2.05, 4.69) is 15.9 Å². The van der Waals surface area contributed by atoms with Gasteiger partial charge in [0.1, 0.15) is 5.82 Å². The average Bonchev–Trinajstić information content (AvgIpc) is 2.32. The lowest BCUT2D eigenvalue weighted by Crippen LogP contribution is -1.98. The van der Waals surface area contributed by atoms with Gasteiger partial charge < -0.3 is 0 Å². The van der Waals surface area contributed by atoms with Crippen LogP contribution in [0.2, 0.25) is 10.0 Å². The van der Waals surface area contributed by atoms with E-state index in [4.69, 9.17) is 34.8 Å². The Hall–Kier alpha value is -0.280. The van der Waals surface area contributed by atoms with Gasteiger partial charge in [-0.15, -0.1) is 11.6 Å². The molecule has 0 amide bonds. The lowest BCUT2D eigenvalue weighted by molar-refractivity contribution is 0.605. The number of halogens is 5. The minimum absolute atomic E-state index is 0.371. The van der Waals surface area contributed by atoms with E-state index >= 15 is 0 Å². The first-order valence-corrected chi connectivity index (χ1v) is 7.02. The first-order valence-electron chi connectivity index (χ1n) is 5.03. The molecule has 1 unspecified atom stereocenters. The van der Waals surface area contributed by atoms with Crippen LogP contribution in [0.5, 0.6) is 0 Å². The predicted octanol–water partition coefficient (Wildman–Crippen LogP) is 6.22. The molecule has 18 heavy (non-hydrogen) atoms. The lowest BCUT2D eigenvalue weighted by Gasteiger charge is -2.14. The largest absolute Gasteiger partial charge is 0.205 e. The second kappa shape index (κ2) is 5.79. The van der Waals surface area contributed by atoms with Crippen LogP contribution in [0.25, 0.3) is 0 Å². The van der Waals surface area contributed by atoms with Crippen LogP contribution in [-0.2, 0) is 0 Å². The van der Waals surface area contributed by atoms with Gasteiger partial charge in [0.15, 0.2) is 0 Å². The van der Waals surface area contributed by atoms with Gasteiger partial charge in [0.25, 0.3) is 0 Å². The van der Waals surface area contributed by atoms with Crippen LogP contribution < -0.4 is 0 Å². The molecule has 5 heteroatoms. The van der Waals surface area contributed by atoms with Crippen LogP contribution >= 0.6 is 50.7 Å². The summed E-state index contributed by atoms with van der Waals surface area (Å²) in [5, 5.41) is 0.275. The summed E-state index contributed by atoms with van der Waals surface area (Å²) in [4.78, 5) is 0. The summed E-state index contributed by atoms with van der Waals surface area (Å²) in [6.07, 6.45) is 0. The van der Waals surface area contributed by atoms with Gasteiger partial charge in [0.2, 0.25) is 0 Å². The minimum Gasteiger partial charge on any atom is -0.205 e. The van der Waals surface area contributed by atoms with E-state index in [1.807, 2.05) is 0 Å². The highest BCUT2D eigenvalue weighted by atomic mass is 79.9. The molecule has 2 aromatic rings. The highest BCUT2D eigenvalue weighted by molar-refractivity contribution is 9.10. The van der Waals surface area contributed by atoms with Gasteiger partial charge in [-0.2, -0.15) is 0 Å². The van der Waals surface area contributed by atoms with Crippen LogP contribution in [0, 0.1) is 5.82 Å². The molecule has 2 rings (SSSR count). The molecule has 0 aliphatic rings. The molecule has 2 aromatic carbocycles. The summed E-state index contributed by atoms with van der Waals surface area (Å²) in [6, 6.07) is 9.93. The normalized spacial score (nSPS) is 12.5. The molecule has 0 nitrogen and oxygen atoms in total. The Labute approximate surface area is 128 Å². The molecule has 0 bridgehead atoms. The summed E-state index contributed by atoms with van der Waals surface area (Å²) in [5.74, 6) is -0.386. The molecule has 0 aliphatic carbocycles. The highest BCUT2D eigenvalue weighted by Gasteiger charge is 2.19. The van der Waals surface area contributed by atoms with E-state index in [0.717, 1.165) is 0 Å². The Kier molecular flexibility index (Phi) is 4.54. The van der Waals surface area contributed by atoms with Crippen molar-refractivity contribution in [1.29, 1.82) is 0 Å². The van der Waals surface area contributed by atoms with Crippen LogP contribution in [0.15, 0.2) is 40.9 Å². The van der Waals surface area contributed by atoms with Crippen LogP contribution in [-0.4, -0.2) is 0 Å². The van der Waals surface area contributed by atoms with Crippen LogP contribution in [0.1, 0.15) is 16.5 Å². The van der Waals surface area contributed by atoms with E-state index in [1.165, 1.54) is 0 Å². The molecule has 0 aromatic heterocycles. The second-order valence-corrected chi connectivity index (χ2v) is 5.81. The van der Waals surface area contributed by atoms with E-state index in [0.29, 0.717) is 25.6 Å². The Morgan fingerprint density at radius 1 is 1.06 bits per heavy atom. The first kappa shape index (κ1) is 14.1. The molecule has 0 saturated carbocycles. The zero-order valence-electron chi connectivity index (χ0n) is 8.93. The first-order chi connectivity index (χ1) is 8.50.